The summed E-state index contributed by atoms with van der Waals surface area (Å²) in [4.78, 5) is 0. The van der Waals surface area contributed by atoms with Crippen LogP contribution in [0, 0.1) is 0 Å². The van der Waals surface area contributed by atoms with Gasteiger partial charge in [0.25, 0.3) is 0 Å². The molecule has 0 bridgehead atoms. The van der Waals surface area contributed by atoms with Crippen molar-refractivity contribution in [3.63, 3.8) is 0 Å². The van der Waals surface area contributed by atoms with E-state index in [0.717, 1.165) is 0 Å². The van der Waals surface area contributed by atoms with Crippen molar-refractivity contribution in [1.29, 1.82) is 0 Å². The molecule has 0 aliphatic rings. The minimum Gasteiger partial charge on any atom is -0.759 e. The van der Waals surface area contributed by atoms with Crippen LogP contribution >= 0.6 is 0 Å². The van der Waals surface area contributed by atoms with Gasteiger partial charge in [0, 0.05) is 20.8 Å². The van der Waals surface area contributed by atoms with Crippen LogP contribution in [-0.4, -0.2) is 69.1 Å². The van der Waals surface area contributed by atoms with Crippen molar-refractivity contribution in [3.05, 3.63) is 0 Å². The third-order valence-corrected chi connectivity index (χ3v) is 0. The monoisotopic (exact) mass is 298 g/mol. The van der Waals surface area contributed by atoms with Crippen molar-refractivity contribution in [3.8, 4) is 0 Å². The fourth-order valence-electron chi connectivity index (χ4n) is 0. The molecule has 0 unspecified atom stereocenters. The molecule has 0 saturated heterocycles. The molecule has 0 radical (unpaired) electrons. The first-order chi connectivity index (χ1) is 4.00. The molecule has 0 saturated carbocycles. The van der Waals surface area contributed by atoms with Gasteiger partial charge in [-0.25, -0.2) is 0 Å². The van der Waals surface area contributed by atoms with E-state index in [2.05, 4.69) is 0 Å². The van der Waals surface area contributed by atoms with Crippen LogP contribution in [0.5, 0.6) is 0 Å². The van der Waals surface area contributed by atoms with E-state index in [4.69, 9.17) is 35.0 Å². The van der Waals surface area contributed by atoms with E-state index in [9.17, 15) is 0 Å². The molecular weight excluding hydrogens is 294 g/mol. The van der Waals surface area contributed by atoms with Crippen molar-refractivity contribution in [2.45, 2.75) is 0 Å². The molecule has 0 aliphatic heterocycles. The molecular formula is H4MgNa2O10S2. The van der Waals surface area contributed by atoms with E-state index in [1.165, 1.54) is 0 Å². The first-order valence-electron chi connectivity index (χ1n) is 1.33. The quantitative estimate of drug-likeness (QED) is 0.236. The fraction of sp³-hybridized carbons (Fsp3) is 0. The Bertz CT molecular complexity index is 218. The topological polar surface area (TPSA) is 224 Å². The normalized spacial score (nSPS) is 7.73. The van der Waals surface area contributed by atoms with Gasteiger partial charge in [0.1, 0.15) is 0 Å². The van der Waals surface area contributed by atoms with Crippen LogP contribution < -0.4 is 59.1 Å². The van der Waals surface area contributed by atoms with Gasteiger partial charge < -0.3 is 29.2 Å². The summed E-state index contributed by atoms with van der Waals surface area (Å²) in [6.07, 6.45) is 0. The first-order valence-corrected chi connectivity index (χ1v) is 4.00. The van der Waals surface area contributed by atoms with Gasteiger partial charge in [-0.15, -0.1) is 0 Å². The van der Waals surface area contributed by atoms with Crippen molar-refractivity contribution >= 4 is 43.9 Å². The summed E-state index contributed by atoms with van der Waals surface area (Å²) < 4.78 is 68.2. The summed E-state index contributed by atoms with van der Waals surface area (Å²) in [6.45, 7) is 0. The van der Waals surface area contributed by atoms with Crippen LogP contribution in [0.2, 0.25) is 0 Å². The zero-order chi connectivity index (χ0) is 9.00. The van der Waals surface area contributed by atoms with Crippen molar-refractivity contribution in [2.75, 3.05) is 0 Å². The number of hydrogen-bond donors (Lipinski definition) is 0. The van der Waals surface area contributed by atoms with Gasteiger partial charge in [-0.1, -0.05) is 0 Å². The Hall–Kier alpha value is 2.43. The van der Waals surface area contributed by atoms with Gasteiger partial charge in [0.05, 0.1) is 0 Å². The molecule has 15 heavy (non-hydrogen) atoms. The molecule has 15 heteroatoms. The third-order valence-electron chi connectivity index (χ3n) is 0. The maximum atomic E-state index is 8.52. The Kier molecular flexibility index (Phi) is 54.2. The Labute approximate surface area is 147 Å². The molecule has 80 valence electrons. The summed E-state index contributed by atoms with van der Waals surface area (Å²) in [6, 6.07) is 0. The van der Waals surface area contributed by atoms with E-state index in [1.54, 1.807) is 0 Å². The van der Waals surface area contributed by atoms with Crippen LogP contribution in [0.4, 0.5) is 0 Å². The summed E-state index contributed by atoms with van der Waals surface area (Å²) >= 11 is 0. The maximum absolute atomic E-state index is 8.52. The molecule has 0 rings (SSSR count). The van der Waals surface area contributed by atoms with Crippen LogP contribution in [0.1, 0.15) is 0 Å². The molecule has 0 heterocycles. The van der Waals surface area contributed by atoms with Crippen LogP contribution in [0.15, 0.2) is 0 Å². The fourth-order valence-corrected chi connectivity index (χ4v) is 0. The zero-order valence-electron chi connectivity index (χ0n) is 7.79. The summed E-state index contributed by atoms with van der Waals surface area (Å²) in [5.41, 5.74) is 0. The summed E-state index contributed by atoms with van der Waals surface area (Å²) in [5, 5.41) is 0. The first kappa shape index (κ1) is 43.3. The Morgan fingerprint density at radius 2 is 0.600 bits per heavy atom. The van der Waals surface area contributed by atoms with E-state index >= 15 is 0 Å². The molecule has 0 aliphatic carbocycles. The van der Waals surface area contributed by atoms with Gasteiger partial charge in [0.2, 0.25) is 0 Å². The molecule has 0 aromatic rings. The minimum absolute atomic E-state index is 0. The van der Waals surface area contributed by atoms with Gasteiger partial charge >= 0.3 is 82.2 Å². The predicted octanol–water partition coefficient (Wildman–Crippen LogP) is -10.7. The van der Waals surface area contributed by atoms with Crippen LogP contribution in [0.25, 0.3) is 0 Å². The average Bonchev–Trinajstić information content (AvgIpc) is 1.12. The third kappa shape index (κ3) is 581. The predicted molar refractivity (Wildman–Crippen MR) is 33.9 cm³/mol. The Morgan fingerprint density at radius 1 is 0.600 bits per heavy atom. The summed E-state index contributed by atoms with van der Waals surface area (Å²) in [5.74, 6) is 0. The standard InChI is InChI=1S/Mg.2Na.2H2O4S.2H2O/c;;;2*1-5(2,3)4;;/h;;;2*(H2,1,2,3,4);2*1H2/q+2;2*+1;;;;/p-4. The molecule has 0 spiro atoms. The molecule has 4 N–H and O–H groups in total. The molecule has 0 atom stereocenters. The van der Waals surface area contributed by atoms with E-state index in [-0.39, 0.29) is 93.1 Å². The second-order valence-electron chi connectivity index (χ2n) is 0.816. The van der Waals surface area contributed by atoms with Crippen LogP contribution in [0.3, 0.4) is 0 Å². The van der Waals surface area contributed by atoms with Gasteiger partial charge in [-0.3, -0.25) is 16.8 Å². The van der Waals surface area contributed by atoms with Crippen molar-refractivity contribution in [2.24, 2.45) is 0 Å². The molecule has 10 nitrogen and oxygen atoms in total. The van der Waals surface area contributed by atoms with Gasteiger partial charge in [0.15, 0.2) is 0 Å². The van der Waals surface area contributed by atoms with Crippen molar-refractivity contribution in [1.82, 2.24) is 0 Å². The molecule has 0 aromatic heterocycles. The maximum Gasteiger partial charge on any atom is 2.00 e. The Balaban J connectivity index is -0.0000000128. The van der Waals surface area contributed by atoms with Gasteiger partial charge in [-0.2, -0.15) is 0 Å². The summed E-state index contributed by atoms with van der Waals surface area (Å²) in [7, 11) is -10.3. The zero-order valence-corrected chi connectivity index (χ0v) is 14.8. The average molecular weight is 298 g/mol. The second kappa shape index (κ2) is 18.8. The van der Waals surface area contributed by atoms with E-state index in [0.29, 0.717) is 0 Å². The largest absolute Gasteiger partial charge is 2.00 e. The molecule has 0 fully saturated rings. The van der Waals surface area contributed by atoms with Crippen LogP contribution in [-0.2, 0) is 20.8 Å². The minimum atomic E-state index is -5.17. The second-order valence-corrected chi connectivity index (χ2v) is 2.45. The molecule has 0 amide bonds. The van der Waals surface area contributed by atoms with Crippen molar-refractivity contribution < 1.29 is 105 Å². The van der Waals surface area contributed by atoms with E-state index < -0.39 is 20.8 Å². The number of rotatable bonds is 0. The molecule has 0 aromatic carbocycles. The SMILES string of the molecule is O.O.O=S(=O)([O-])[O-].O=S(=O)([O-])[O-].[Mg+2].[Na+].[Na+]. The van der Waals surface area contributed by atoms with Gasteiger partial charge in [-0.05, 0) is 0 Å². The Morgan fingerprint density at radius 3 is 0.600 bits per heavy atom. The number of hydrogen-bond acceptors (Lipinski definition) is 8. The van der Waals surface area contributed by atoms with E-state index in [1.807, 2.05) is 0 Å². The smallest absolute Gasteiger partial charge is 0.759 e.